The summed E-state index contributed by atoms with van der Waals surface area (Å²) in [5.41, 5.74) is 4.45. The quantitative estimate of drug-likeness (QED) is 0.360. The highest BCUT2D eigenvalue weighted by atomic mass is 32.2. The molecule has 0 aliphatic carbocycles. The van der Waals surface area contributed by atoms with Crippen molar-refractivity contribution in [3.8, 4) is 12.1 Å². The zero-order valence-corrected chi connectivity index (χ0v) is 15.6. The van der Waals surface area contributed by atoms with E-state index < -0.39 is 0 Å². The molecule has 0 spiro atoms. The molecule has 2 heterocycles. The number of hydrogen-bond donors (Lipinski definition) is 1. The number of hydrogen-bond acceptors (Lipinski definition) is 5. The standard InChI is InChI=1S/C23H14N4S/c24-14-18(15-25)19(7-5-16-9-11-26-12-10-16)17-6-8-23-21(13-17)27-20-3-1-2-4-22(20)28-23/h1-13,27H/b7-5+. The van der Waals surface area contributed by atoms with Gasteiger partial charge in [0.2, 0.25) is 0 Å². The predicted octanol–water partition coefficient (Wildman–Crippen LogP) is 5.80. The van der Waals surface area contributed by atoms with Crippen LogP contribution >= 0.6 is 11.8 Å². The molecule has 1 N–H and O–H groups in total. The molecule has 1 aliphatic rings. The topological polar surface area (TPSA) is 72.5 Å². The van der Waals surface area contributed by atoms with Crippen LogP contribution in [-0.2, 0) is 0 Å². The number of rotatable bonds is 3. The number of nitrogens with zero attached hydrogens (tertiary/aromatic N) is 3. The van der Waals surface area contributed by atoms with Gasteiger partial charge in [0.15, 0.2) is 0 Å². The van der Waals surface area contributed by atoms with Crippen molar-refractivity contribution in [3.05, 3.63) is 89.8 Å². The van der Waals surface area contributed by atoms with Crippen LogP contribution in [0.3, 0.4) is 0 Å². The third-order valence-corrected chi connectivity index (χ3v) is 5.46. The van der Waals surface area contributed by atoms with Crippen LogP contribution in [0.1, 0.15) is 11.1 Å². The smallest absolute Gasteiger partial charge is 0.137 e. The molecule has 2 aromatic carbocycles. The fourth-order valence-electron chi connectivity index (χ4n) is 2.93. The highest BCUT2D eigenvalue weighted by Gasteiger charge is 2.17. The van der Waals surface area contributed by atoms with Gasteiger partial charge in [-0.1, -0.05) is 42.1 Å². The summed E-state index contributed by atoms with van der Waals surface area (Å²) in [4.78, 5) is 6.28. The number of aromatic nitrogens is 1. The minimum absolute atomic E-state index is 0.0779. The number of pyridine rings is 1. The number of fused-ring (bicyclic) bond motifs is 2. The van der Waals surface area contributed by atoms with Gasteiger partial charge in [0.25, 0.3) is 0 Å². The summed E-state index contributed by atoms with van der Waals surface area (Å²) in [6.07, 6.45) is 7.09. The second-order valence-electron chi connectivity index (χ2n) is 6.06. The normalized spacial score (nSPS) is 11.5. The molecular weight excluding hydrogens is 364 g/mol. The van der Waals surface area contributed by atoms with Crippen LogP contribution in [-0.4, -0.2) is 4.98 Å². The van der Waals surface area contributed by atoms with E-state index in [1.54, 1.807) is 24.2 Å². The second-order valence-corrected chi connectivity index (χ2v) is 7.14. The van der Waals surface area contributed by atoms with Gasteiger partial charge in [-0.15, -0.1) is 0 Å². The van der Waals surface area contributed by atoms with E-state index in [1.807, 2.05) is 72.8 Å². The monoisotopic (exact) mass is 378 g/mol. The first-order chi connectivity index (χ1) is 13.8. The van der Waals surface area contributed by atoms with E-state index in [9.17, 15) is 10.5 Å². The van der Waals surface area contributed by atoms with E-state index >= 15 is 0 Å². The third-order valence-electron chi connectivity index (χ3n) is 4.31. The fourth-order valence-corrected chi connectivity index (χ4v) is 3.90. The Hall–Kier alpha value is -3.80. The lowest BCUT2D eigenvalue weighted by molar-refractivity contribution is 1.31. The van der Waals surface area contributed by atoms with Crippen molar-refractivity contribution in [2.75, 3.05) is 5.32 Å². The maximum atomic E-state index is 9.43. The molecule has 1 aromatic heterocycles. The molecule has 5 heteroatoms. The SMILES string of the molecule is N#CC(C#N)=C(/C=C/c1ccncc1)c1ccc2c(c1)Nc1ccccc1S2. The molecule has 0 bridgehead atoms. The zero-order valence-electron chi connectivity index (χ0n) is 14.8. The average Bonchev–Trinajstić information content (AvgIpc) is 2.75. The summed E-state index contributed by atoms with van der Waals surface area (Å²) in [5.74, 6) is 0. The average molecular weight is 378 g/mol. The van der Waals surface area contributed by atoms with Crippen molar-refractivity contribution in [3.63, 3.8) is 0 Å². The molecule has 28 heavy (non-hydrogen) atoms. The molecule has 0 atom stereocenters. The van der Waals surface area contributed by atoms with Crippen LogP contribution in [0.5, 0.6) is 0 Å². The summed E-state index contributed by atoms with van der Waals surface area (Å²) < 4.78 is 0. The summed E-state index contributed by atoms with van der Waals surface area (Å²) in [6, 6.07) is 21.8. The van der Waals surface area contributed by atoms with Crippen LogP contribution in [0, 0.1) is 22.7 Å². The first kappa shape index (κ1) is 17.6. The summed E-state index contributed by atoms with van der Waals surface area (Å²) in [7, 11) is 0. The maximum absolute atomic E-state index is 9.43. The predicted molar refractivity (Wildman–Crippen MR) is 112 cm³/mol. The van der Waals surface area contributed by atoms with Gasteiger partial charge in [-0.25, -0.2) is 0 Å². The fraction of sp³-hybridized carbons (Fsp3) is 0. The molecule has 0 fully saturated rings. The maximum Gasteiger partial charge on any atom is 0.137 e. The Morgan fingerprint density at radius 2 is 1.68 bits per heavy atom. The Kier molecular flexibility index (Phi) is 4.93. The Balaban J connectivity index is 1.75. The molecular formula is C23H14N4S. The van der Waals surface area contributed by atoms with Crippen LogP contribution in [0.4, 0.5) is 11.4 Å². The molecule has 1 aliphatic heterocycles. The van der Waals surface area contributed by atoms with Gasteiger partial charge < -0.3 is 5.32 Å². The highest BCUT2D eigenvalue weighted by molar-refractivity contribution is 7.99. The number of allylic oxidation sites excluding steroid dienone is 3. The minimum Gasteiger partial charge on any atom is -0.354 e. The Morgan fingerprint density at radius 3 is 2.46 bits per heavy atom. The van der Waals surface area contributed by atoms with Gasteiger partial charge in [0, 0.05) is 27.8 Å². The number of para-hydroxylation sites is 1. The molecule has 0 radical (unpaired) electrons. The molecule has 4 nitrogen and oxygen atoms in total. The second kappa shape index (κ2) is 7.84. The van der Waals surface area contributed by atoms with E-state index in [-0.39, 0.29) is 5.57 Å². The Morgan fingerprint density at radius 1 is 0.929 bits per heavy atom. The molecule has 0 saturated heterocycles. The van der Waals surface area contributed by atoms with E-state index in [1.165, 1.54) is 4.90 Å². The molecule has 4 rings (SSSR count). The first-order valence-electron chi connectivity index (χ1n) is 8.59. The van der Waals surface area contributed by atoms with Crippen LogP contribution in [0.2, 0.25) is 0 Å². The summed E-state index contributed by atoms with van der Waals surface area (Å²) in [6.45, 7) is 0. The molecule has 0 amide bonds. The van der Waals surface area contributed by atoms with Crippen LogP contribution < -0.4 is 5.32 Å². The van der Waals surface area contributed by atoms with E-state index in [0.717, 1.165) is 27.4 Å². The summed E-state index contributed by atoms with van der Waals surface area (Å²) in [5, 5.41) is 22.3. The number of nitriles is 2. The van der Waals surface area contributed by atoms with Crippen LogP contribution in [0.25, 0.3) is 11.6 Å². The van der Waals surface area contributed by atoms with Crippen molar-refractivity contribution in [2.45, 2.75) is 9.79 Å². The first-order valence-corrected chi connectivity index (χ1v) is 9.41. The van der Waals surface area contributed by atoms with Gasteiger partial charge >= 0.3 is 0 Å². The third kappa shape index (κ3) is 3.53. The van der Waals surface area contributed by atoms with E-state index in [0.29, 0.717) is 5.57 Å². The lowest BCUT2D eigenvalue weighted by atomic mass is 9.99. The van der Waals surface area contributed by atoms with Crippen molar-refractivity contribution >= 4 is 34.8 Å². The zero-order chi connectivity index (χ0) is 19.3. The lowest BCUT2D eigenvalue weighted by Crippen LogP contribution is -2.00. The molecule has 3 aromatic rings. The highest BCUT2D eigenvalue weighted by Crippen LogP contribution is 2.44. The van der Waals surface area contributed by atoms with Gasteiger partial charge in [-0.3, -0.25) is 4.98 Å². The number of nitrogens with one attached hydrogen (secondary N) is 1. The summed E-state index contributed by atoms with van der Waals surface area (Å²) >= 11 is 1.70. The van der Waals surface area contributed by atoms with Crippen molar-refractivity contribution in [2.24, 2.45) is 0 Å². The lowest BCUT2D eigenvalue weighted by Gasteiger charge is -2.21. The van der Waals surface area contributed by atoms with Gasteiger partial charge in [-0.2, -0.15) is 10.5 Å². The molecule has 0 saturated carbocycles. The Bertz CT molecular complexity index is 1170. The number of benzene rings is 2. The van der Waals surface area contributed by atoms with Gasteiger partial charge in [0.05, 0.1) is 11.4 Å². The van der Waals surface area contributed by atoms with Gasteiger partial charge in [0.1, 0.15) is 17.7 Å². The van der Waals surface area contributed by atoms with E-state index in [4.69, 9.17) is 0 Å². The van der Waals surface area contributed by atoms with Crippen molar-refractivity contribution < 1.29 is 0 Å². The van der Waals surface area contributed by atoms with Crippen molar-refractivity contribution in [1.29, 1.82) is 10.5 Å². The number of anilines is 2. The van der Waals surface area contributed by atoms with E-state index in [2.05, 4.69) is 16.4 Å². The molecule has 132 valence electrons. The van der Waals surface area contributed by atoms with Crippen LogP contribution in [0.15, 0.2) is 88.4 Å². The van der Waals surface area contributed by atoms with Crippen molar-refractivity contribution in [1.82, 2.24) is 4.98 Å². The van der Waals surface area contributed by atoms with Gasteiger partial charge in [-0.05, 0) is 47.5 Å². The molecule has 0 unspecified atom stereocenters. The minimum atomic E-state index is 0.0779. The largest absolute Gasteiger partial charge is 0.354 e. The Labute approximate surface area is 167 Å².